The van der Waals surface area contributed by atoms with E-state index in [-0.39, 0.29) is 35.0 Å². The van der Waals surface area contributed by atoms with Crippen LogP contribution in [0.25, 0.3) is 5.69 Å². The monoisotopic (exact) mass is 504 g/mol. The lowest BCUT2D eigenvalue weighted by Gasteiger charge is -2.36. The van der Waals surface area contributed by atoms with E-state index in [1.165, 1.54) is 5.56 Å². The maximum absolute atomic E-state index is 12.9. The van der Waals surface area contributed by atoms with Crippen molar-refractivity contribution in [2.45, 2.75) is 64.7 Å². The van der Waals surface area contributed by atoms with Gasteiger partial charge in [0.2, 0.25) is 5.91 Å². The van der Waals surface area contributed by atoms with Crippen molar-refractivity contribution in [1.82, 2.24) is 29.7 Å². The molecule has 2 aromatic heterocycles. The molecular formula is C28H36N6O3. The van der Waals surface area contributed by atoms with Gasteiger partial charge >= 0.3 is 5.97 Å². The SMILES string of the molecule is CCOC(=O)c1cnn(-c2cccc(C3CCCN(C(=O)C(C)(C)C)C3)c2)c1[C@@H]1C[C@H]1c1cn(C)nn1. The third-order valence-corrected chi connectivity index (χ3v) is 7.38. The molecule has 9 heteroatoms. The Morgan fingerprint density at radius 3 is 2.70 bits per heavy atom. The van der Waals surface area contributed by atoms with Gasteiger partial charge < -0.3 is 9.64 Å². The summed E-state index contributed by atoms with van der Waals surface area (Å²) in [6, 6.07) is 8.35. The molecule has 3 atom stereocenters. The number of carbonyl (C=O) groups excluding carboxylic acids is 2. The van der Waals surface area contributed by atoms with Gasteiger partial charge in [-0.25, -0.2) is 9.48 Å². The maximum atomic E-state index is 12.9. The highest BCUT2D eigenvalue weighted by Gasteiger charge is 2.46. The minimum Gasteiger partial charge on any atom is -0.462 e. The third-order valence-electron chi connectivity index (χ3n) is 7.38. The van der Waals surface area contributed by atoms with Crippen LogP contribution in [0.3, 0.4) is 0 Å². The van der Waals surface area contributed by atoms with Crippen LogP contribution >= 0.6 is 0 Å². The van der Waals surface area contributed by atoms with Crippen LogP contribution in [0.2, 0.25) is 0 Å². The average molecular weight is 505 g/mol. The first-order chi connectivity index (χ1) is 17.7. The smallest absolute Gasteiger partial charge is 0.341 e. The molecule has 1 aliphatic heterocycles. The molecule has 1 saturated carbocycles. The molecule has 196 valence electrons. The molecule has 0 spiro atoms. The molecule has 2 aliphatic rings. The molecule has 1 saturated heterocycles. The highest BCUT2D eigenvalue weighted by atomic mass is 16.5. The number of rotatable bonds is 6. The molecule has 1 aromatic carbocycles. The summed E-state index contributed by atoms with van der Waals surface area (Å²) in [4.78, 5) is 27.8. The van der Waals surface area contributed by atoms with Crippen LogP contribution in [0, 0.1) is 5.41 Å². The molecule has 9 nitrogen and oxygen atoms in total. The van der Waals surface area contributed by atoms with E-state index in [4.69, 9.17) is 4.74 Å². The van der Waals surface area contributed by atoms with Gasteiger partial charge in [-0.1, -0.05) is 38.1 Å². The molecule has 1 unspecified atom stereocenters. The number of hydrogen-bond acceptors (Lipinski definition) is 6. The number of esters is 1. The second kappa shape index (κ2) is 9.76. The van der Waals surface area contributed by atoms with Crippen molar-refractivity contribution in [3.63, 3.8) is 0 Å². The number of hydrogen-bond donors (Lipinski definition) is 0. The first kappa shape index (κ1) is 25.2. The fraction of sp³-hybridized carbons (Fsp3) is 0.536. The van der Waals surface area contributed by atoms with E-state index in [1.54, 1.807) is 10.9 Å². The van der Waals surface area contributed by atoms with Crippen molar-refractivity contribution in [2.75, 3.05) is 19.7 Å². The van der Waals surface area contributed by atoms with Crippen molar-refractivity contribution in [3.05, 3.63) is 59.2 Å². The Hall–Kier alpha value is -3.49. The van der Waals surface area contributed by atoms with Crippen LogP contribution in [0.1, 0.15) is 92.0 Å². The summed E-state index contributed by atoms with van der Waals surface area (Å²) in [6.07, 6.45) is 6.45. The number of benzene rings is 1. The largest absolute Gasteiger partial charge is 0.462 e. The molecule has 0 bridgehead atoms. The lowest BCUT2D eigenvalue weighted by molar-refractivity contribution is -0.140. The van der Waals surface area contributed by atoms with Crippen LogP contribution in [0.4, 0.5) is 0 Å². The van der Waals surface area contributed by atoms with E-state index >= 15 is 0 Å². The molecule has 1 amide bonds. The number of carbonyl (C=O) groups is 2. The second-order valence-corrected chi connectivity index (χ2v) is 11.3. The molecule has 2 fully saturated rings. The van der Waals surface area contributed by atoms with E-state index < -0.39 is 0 Å². The molecule has 37 heavy (non-hydrogen) atoms. The van der Waals surface area contributed by atoms with Crippen molar-refractivity contribution in [2.24, 2.45) is 12.5 Å². The highest BCUT2D eigenvalue weighted by Crippen LogP contribution is 2.55. The van der Waals surface area contributed by atoms with Gasteiger partial charge in [0.05, 0.1) is 29.9 Å². The fourth-order valence-corrected chi connectivity index (χ4v) is 5.46. The van der Waals surface area contributed by atoms with Gasteiger partial charge in [-0.2, -0.15) is 5.10 Å². The summed E-state index contributed by atoms with van der Waals surface area (Å²) in [5.41, 5.74) is 4.00. The van der Waals surface area contributed by atoms with Crippen LogP contribution in [-0.2, 0) is 16.6 Å². The van der Waals surface area contributed by atoms with Gasteiger partial charge in [-0.15, -0.1) is 5.10 Å². The van der Waals surface area contributed by atoms with Crippen molar-refractivity contribution < 1.29 is 14.3 Å². The molecule has 1 aliphatic carbocycles. The average Bonchev–Trinajstić information content (AvgIpc) is 3.33. The molecule has 5 rings (SSSR count). The number of piperidine rings is 1. The highest BCUT2D eigenvalue weighted by molar-refractivity contribution is 5.91. The Morgan fingerprint density at radius 1 is 1.19 bits per heavy atom. The normalized spacial score (nSPS) is 21.6. The first-order valence-corrected chi connectivity index (χ1v) is 13.2. The topological polar surface area (TPSA) is 95.1 Å². The van der Waals surface area contributed by atoms with Gasteiger partial charge in [-0.05, 0) is 43.9 Å². The molecule has 0 N–H and O–H groups in total. The van der Waals surface area contributed by atoms with Gasteiger partial charge in [0.25, 0.3) is 0 Å². The number of aryl methyl sites for hydroxylation is 1. The summed E-state index contributed by atoms with van der Waals surface area (Å²) in [5, 5.41) is 13.0. The zero-order valence-electron chi connectivity index (χ0n) is 22.3. The fourth-order valence-electron chi connectivity index (χ4n) is 5.46. The number of likely N-dealkylation sites (tertiary alicyclic amines) is 1. The number of aromatic nitrogens is 5. The predicted octanol–water partition coefficient (Wildman–Crippen LogP) is 4.20. The van der Waals surface area contributed by atoms with Gasteiger partial charge in [0.1, 0.15) is 5.56 Å². The van der Waals surface area contributed by atoms with Crippen molar-refractivity contribution in [3.8, 4) is 5.69 Å². The van der Waals surface area contributed by atoms with Gasteiger partial charge in [-0.3, -0.25) is 9.48 Å². The molecule has 0 radical (unpaired) electrons. The minimum absolute atomic E-state index is 0.108. The first-order valence-electron chi connectivity index (χ1n) is 13.2. The van der Waals surface area contributed by atoms with Crippen molar-refractivity contribution >= 4 is 11.9 Å². The van der Waals surface area contributed by atoms with Crippen LogP contribution in [0.5, 0.6) is 0 Å². The maximum Gasteiger partial charge on any atom is 0.341 e. The minimum atomic E-state index is -0.388. The number of ether oxygens (including phenoxy) is 1. The molecule has 3 heterocycles. The van der Waals surface area contributed by atoms with E-state index in [0.29, 0.717) is 12.2 Å². The molecule has 3 aromatic rings. The summed E-state index contributed by atoms with van der Waals surface area (Å²) in [6.45, 7) is 9.58. The lowest BCUT2D eigenvalue weighted by Crippen LogP contribution is -2.44. The third kappa shape index (κ3) is 5.04. The summed E-state index contributed by atoms with van der Waals surface area (Å²) in [7, 11) is 1.86. The number of amides is 1. The Bertz CT molecular complexity index is 1300. The van der Waals surface area contributed by atoms with E-state index in [0.717, 1.165) is 49.4 Å². The van der Waals surface area contributed by atoms with Gasteiger partial charge in [0, 0.05) is 49.5 Å². The zero-order chi connectivity index (χ0) is 26.3. The van der Waals surface area contributed by atoms with Crippen LogP contribution in [-0.4, -0.2) is 61.2 Å². The van der Waals surface area contributed by atoms with Gasteiger partial charge in [0.15, 0.2) is 0 Å². The summed E-state index contributed by atoms with van der Waals surface area (Å²) < 4.78 is 8.95. The summed E-state index contributed by atoms with van der Waals surface area (Å²) in [5.74, 6) is 0.406. The lowest BCUT2D eigenvalue weighted by atomic mass is 9.87. The van der Waals surface area contributed by atoms with Crippen molar-refractivity contribution in [1.29, 1.82) is 0 Å². The number of nitrogens with zero attached hydrogens (tertiary/aromatic N) is 6. The predicted molar refractivity (Wildman–Crippen MR) is 139 cm³/mol. The quantitative estimate of drug-likeness (QED) is 0.467. The van der Waals surface area contributed by atoms with E-state index in [2.05, 4.69) is 27.5 Å². The second-order valence-electron chi connectivity index (χ2n) is 11.3. The summed E-state index contributed by atoms with van der Waals surface area (Å²) >= 11 is 0. The molecular weight excluding hydrogens is 468 g/mol. The van der Waals surface area contributed by atoms with Crippen LogP contribution < -0.4 is 0 Å². The van der Waals surface area contributed by atoms with E-state index in [9.17, 15) is 9.59 Å². The Labute approximate surface area is 217 Å². The Balaban J connectivity index is 1.46. The van der Waals surface area contributed by atoms with Crippen LogP contribution in [0.15, 0.2) is 36.7 Å². The van der Waals surface area contributed by atoms with E-state index in [1.807, 2.05) is 62.7 Å². The Kier molecular flexibility index (Phi) is 6.64. The standard InChI is InChI=1S/C28H36N6O3/c1-6-37-26(35)23-15-29-34(25(23)22-14-21(22)24-17-32(5)31-30-24)20-11-7-9-18(13-20)19-10-8-12-33(16-19)27(36)28(2,3)4/h7,9,11,13,15,17,19,21-22H,6,8,10,12,14,16H2,1-5H3/t19?,21-,22-/m1/s1. The Morgan fingerprint density at radius 2 is 2.00 bits per heavy atom. The zero-order valence-corrected chi connectivity index (χ0v) is 22.3.